The van der Waals surface area contributed by atoms with Gasteiger partial charge in [-0.2, -0.15) is 13.2 Å². The van der Waals surface area contributed by atoms with Crippen LogP contribution in [-0.2, 0) is 27.6 Å². The number of hydrogen-bond acceptors (Lipinski definition) is 2. The van der Waals surface area contributed by atoms with Gasteiger partial charge in [0.2, 0.25) is 11.8 Å². The number of amides is 2. The topological polar surface area (TPSA) is 49.4 Å². The highest BCUT2D eigenvalue weighted by Gasteiger charge is 2.43. The summed E-state index contributed by atoms with van der Waals surface area (Å²) in [5.41, 5.74) is 1.71. The van der Waals surface area contributed by atoms with E-state index in [0.29, 0.717) is 44.5 Å². The minimum Gasteiger partial charge on any atom is -0.355 e. The Balaban J connectivity index is 1.32. The molecule has 4 rings (SSSR count). The van der Waals surface area contributed by atoms with E-state index < -0.39 is 17.2 Å². The first kappa shape index (κ1) is 27.7. The summed E-state index contributed by atoms with van der Waals surface area (Å²) in [6, 6.07) is 14.7. The fourth-order valence-corrected chi connectivity index (χ4v) is 5.36. The molecule has 0 saturated carbocycles. The van der Waals surface area contributed by atoms with Crippen molar-refractivity contribution in [2.45, 2.75) is 63.0 Å². The van der Waals surface area contributed by atoms with Crippen molar-refractivity contribution in [2.24, 2.45) is 0 Å². The van der Waals surface area contributed by atoms with E-state index in [0.717, 1.165) is 43.4 Å². The van der Waals surface area contributed by atoms with E-state index in [1.807, 2.05) is 30.3 Å². The van der Waals surface area contributed by atoms with Crippen LogP contribution >= 0.6 is 0 Å². The highest BCUT2D eigenvalue weighted by molar-refractivity contribution is 5.89. The summed E-state index contributed by atoms with van der Waals surface area (Å²) in [5.74, 6) is -0.0279. The Labute approximate surface area is 222 Å². The Bertz CT molecular complexity index is 1150. The van der Waals surface area contributed by atoms with Crippen LogP contribution < -0.4 is 5.32 Å². The van der Waals surface area contributed by atoms with Crippen molar-refractivity contribution in [2.75, 3.05) is 19.6 Å². The largest absolute Gasteiger partial charge is 0.416 e. The average molecular weight is 525 g/mol. The van der Waals surface area contributed by atoms with Gasteiger partial charge in [-0.3, -0.25) is 9.59 Å². The van der Waals surface area contributed by atoms with E-state index in [2.05, 4.69) is 23.5 Å². The molecule has 202 valence electrons. The van der Waals surface area contributed by atoms with Crippen molar-refractivity contribution in [3.63, 3.8) is 0 Å². The molecule has 7 heteroatoms. The Morgan fingerprint density at radius 1 is 0.947 bits per heavy atom. The van der Waals surface area contributed by atoms with Crippen LogP contribution in [0.15, 0.2) is 78.4 Å². The lowest BCUT2D eigenvalue weighted by Crippen LogP contribution is -2.53. The van der Waals surface area contributed by atoms with E-state index in [4.69, 9.17) is 0 Å². The first-order valence-electron chi connectivity index (χ1n) is 13.4. The van der Waals surface area contributed by atoms with Gasteiger partial charge in [-0.05, 0) is 68.2 Å². The molecule has 2 aromatic carbocycles. The van der Waals surface area contributed by atoms with Gasteiger partial charge in [0.1, 0.15) is 0 Å². The summed E-state index contributed by atoms with van der Waals surface area (Å²) in [7, 11) is 0. The lowest BCUT2D eigenvalue weighted by atomic mass is 9.72. The smallest absolute Gasteiger partial charge is 0.355 e. The number of aryl methyl sites for hydroxylation is 1. The van der Waals surface area contributed by atoms with E-state index in [1.165, 1.54) is 17.7 Å². The van der Waals surface area contributed by atoms with Crippen LogP contribution in [0.2, 0.25) is 0 Å². The fraction of sp³-hybridized carbons (Fsp3) is 0.419. The molecule has 0 unspecified atom stereocenters. The summed E-state index contributed by atoms with van der Waals surface area (Å²) in [6.07, 6.45) is 7.76. The number of carbonyl (C=O) groups excluding carboxylic acids is 2. The van der Waals surface area contributed by atoms with Crippen LogP contribution in [0.25, 0.3) is 0 Å². The van der Waals surface area contributed by atoms with E-state index in [1.54, 1.807) is 4.90 Å². The van der Waals surface area contributed by atoms with Crippen molar-refractivity contribution >= 4 is 11.8 Å². The van der Waals surface area contributed by atoms with Crippen molar-refractivity contribution in [1.29, 1.82) is 0 Å². The van der Waals surface area contributed by atoms with Gasteiger partial charge in [-0.25, -0.2) is 0 Å². The maximum Gasteiger partial charge on any atom is 0.416 e. The first-order valence-corrected chi connectivity index (χ1v) is 13.4. The molecule has 0 radical (unpaired) electrons. The summed E-state index contributed by atoms with van der Waals surface area (Å²) in [4.78, 5) is 28.2. The second-order valence-electron chi connectivity index (χ2n) is 10.2. The zero-order valence-corrected chi connectivity index (χ0v) is 21.6. The molecule has 4 nitrogen and oxygen atoms in total. The fourth-order valence-electron chi connectivity index (χ4n) is 5.36. The second-order valence-corrected chi connectivity index (χ2v) is 10.2. The van der Waals surface area contributed by atoms with E-state index >= 15 is 0 Å². The van der Waals surface area contributed by atoms with Crippen molar-refractivity contribution < 1.29 is 22.8 Å². The van der Waals surface area contributed by atoms with Gasteiger partial charge in [0.25, 0.3) is 0 Å². The number of nitrogens with one attached hydrogen (secondary N) is 1. The quantitative estimate of drug-likeness (QED) is 0.388. The Morgan fingerprint density at radius 2 is 1.66 bits per heavy atom. The predicted octanol–water partition coefficient (Wildman–Crippen LogP) is 6.37. The number of benzene rings is 2. The molecule has 1 aliphatic heterocycles. The highest BCUT2D eigenvalue weighted by Crippen LogP contribution is 2.36. The minimum atomic E-state index is -4.37. The summed E-state index contributed by atoms with van der Waals surface area (Å²) in [5, 5.41) is 3.17. The number of halogens is 3. The lowest BCUT2D eigenvalue weighted by molar-refractivity contribution is -0.137. The number of alkyl halides is 3. The molecule has 2 aliphatic rings. The SMILES string of the molecule is O=C(CCc1ccc(C(F)(F)F)cc1)N1CCC(C(=O)NCCCC2=CC=CCC2)(c2ccccc2)CC1. The number of carbonyl (C=O) groups is 2. The van der Waals surface area contributed by atoms with Gasteiger partial charge in [-0.15, -0.1) is 0 Å². The maximum atomic E-state index is 13.5. The Hall–Kier alpha value is -3.35. The van der Waals surface area contributed by atoms with Crippen LogP contribution in [0.5, 0.6) is 0 Å². The lowest BCUT2D eigenvalue weighted by Gasteiger charge is -2.41. The molecule has 0 spiro atoms. The molecule has 1 fully saturated rings. The molecular weight excluding hydrogens is 489 g/mol. The van der Waals surface area contributed by atoms with Crippen molar-refractivity contribution in [1.82, 2.24) is 10.2 Å². The molecular formula is C31H35F3N2O2. The number of allylic oxidation sites excluding steroid dienone is 4. The van der Waals surface area contributed by atoms with Gasteiger partial charge < -0.3 is 10.2 Å². The molecule has 2 amide bonds. The van der Waals surface area contributed by atoms with Crippen LogP contribution in [0.3, 0.4) is 0 Å². The summed E-state index contributed by atoms with van der Waals surface area (Å²) >= 11 is 0. The number of piperidine rings is 1. The highest BCUT2D eigenvalue weighted by atomic mass is 19.4. The molecule has 1 saturated heterocycles. The molecule has 0 aromatic heterocycles. The summed E-state index contributed by atoms with van der Waals surface area (Å²) < 4.78 is 38.4. The molecule has 0 atom stereocenters. The zero-order valence-electron chi connectivity index (χ0n) is 21.6. The van der Waals surface area contributed by atoms with Crippen molar-refractivity contribution in [3.8, 4) is 0 Å². The molecule has 0 bridgehead atoms. The summed E-state index contributed by atoms with van der Waals surface area (Å²) in [6.45, 7) is 1.55. The predicted molar refractivity (Wildman–Crippen MR) is 142 cm³/mol. The molecule has 38 heavy (non-hydrogen) atoms. The zero-order chi connectivity index (χ0) is 27.0. The minimum absolute atomic E-state index is 0.0121. The number of nitrogens with zero attached hydrogens (tertiary/aromatic N) is 1. The standard InChI is InChI=1S/C31H35F3N2O2/c32-31(33,34)27-16-13-25(14-17-27)15-18-28(37)36-22-19-30(20-23-36,26-11-5-2-6-12-26)29(38)35-21-7-10-24-8-3-1-4-9-24/h1-3,5-6,8,11-14,16-17H,4,7,9-10,15,18-23H2,(H,35,38). The molecule has 1 heterocycles. The normalized spacial score (nSPS) is 17.1. The third-order valence-electron chi connectivity index (χ3n) is 7.70. The van der Waals surface area contributed by atoms with Crippen LogP contribution in [-0.4, -0.2) is 36.3 Å². The van der Waals surface area contributed by atoms with Gasteiger partial charge in [-0.1, -0.05) is 66.3 Å². The van der Waals surface area contributed by atoms with Gasteiger partial charge in [0, 0.05) is 26.1 Å². The van der Waals surface area contributed by atoms with Gasteiger partial charge >= 0.3 is 6.18 Å². The monoisotopic (exact) mass is 524 g/mol. The first-order chi connectivity index (χ1) is 18.3. The van der Waals surface area contributed by atoms with Crippen molar-refractivity contribution in [3.05, 3.63) is 95.1 Å². The van der Waals surface area contributed by atoms with E-state index in [9.17, 15) is 22.8 Å². The second kappa shape index (κ2) is 12.5. The average Bonchev–Trinajstić information content (AvgIpc) is 2.94. The van der Waals surface area contributed by atoms with E-state index in [-0.39, 0.29) is 18.2 Å². The number of likely N-dealkylation sites (tertiary alicyclic amines) is 1. The molecule has 2 aromatic rings. The maximum absolute atomic E-state index is 13.5. The molecule has 1 aliphatic carbocycles. The molecule has 1 N–H and O–H groups in total. The van der Waals surface area contributed by atoms with Crippen LogP contribution in [0.1, 0.15) is 61.6 Å². The number of hydrogen-bond donors (Lipinski definition) is 1. The number of rotatable bonds is 9. The van der Waals surface area contributed by atoms with Gasteiger partial charge in [0.15, 0.2) is 0 Å². The Morgan fingerprint density at radius 3 is 2.29 bits per heavy atom. The Kier molecular flexibility index (Phi) is 9.08. The van der Waals surface area contributed by atoms with Gasteiger partial charge in [0.05, 0.1) is 11.0 Å². The van der Waals surface area contributed by atoms with Crippen LogP contribution in [0.4, 0.5) is 13.2 Å². The van der Waals surface area contributed by atoms with Crippen LogP contribution in [0, 0.1) is 0 Å². The third kappa shape index (κ3) is 6.94. The third-order valence-corrected chi connectivity index (χ3v) is 7.70.